The van der Waals surface area contributed by atoms with E-state index >= 15 is 0 Å². The Hall–Kier alpha value is -2.45. The van der Waals surface area contributed by atoms with Crippen LogP contribution in [-0.2, 0) is 4.79 Å². The summed E-state index contributed by atoms with van der Waals surface area (Å²) < 4.78 is 12.5. The molecule has 9 heteroatoms. The van der Waals surface area contributed by atoms with Gasteiger partial charge in [-0.1, -0.05) is 42.3 Å². The first-order valence-electron chi connectivity index (χ1n) is 12.2. The molecule has 0 aromatic heterocycles. The molecule has 5 nitrogen and oxygen atoms in total. The fraction of sp³-hybridized carbons (Fsp3) is 0.241. The van der Waals surface area contributed by atoms with Crippen LogP contribution in [0.4, 0.5) is 11.4 Å². The van der Waals surface area contributed by atoms with E-state index < -0.39 is 0 Å². The zero-order chi connectivity index (χ0) is 27.4. The van der Waals surface area contributed by atoms with Crippen LogP contribution in [0.1, 0.15) is 37.0 Å². The van der Waals surface area contributed by atoms with Crippen molar-refractivity contribution in [2.75, 3.05) is 18.1 Å². The van der Waals surface area contributed by atoms with Crippen LogP contribution in [0.15, 0.2) is 62.9 Å². The lowest BCUT2D eigenvalue weighted by molar-refractivity contribution is -0.113. The molecule has 0 atom stereocenters. The number of halogens is 3. The predicted octanol–water partition coefficient (Wildman–Crippen LogP) is 9.37. The number of carbonyl (C=O) groups excluding carboxylic acids is 1. The highest BCUT2D eigenvalue weighted by molar-refractivity contribution is 9.10. The van der Waals surface area contributed by atoms with Crippen molar-refractivity contribution in [3.05, 3.63) is 84.6 Å². The SMILES string of the molecule is CCCOc1c(Br)cc(/C=C2/SC(=Nc3ccc(C)c(Cl)c3)N(c3ccc(C)c(Cl)c3)C2=O)cc1OCC. The lowest BCUT2D eigenvalue weighted by atomic mass is 10.1. The molecule has 0 N–H and O–H groups in total. The van der Waals surface area contributed by atoms with Gasteiger partial charge in [-0.2, -0.15) is 0 Å². The Kier molecular flexibility index (Phi) is 9.47. The van der Waals surface area contributed by atoms with E-state index in [2.05, 4.69) is 15.9 Å². The highest BCUT2D eigenvalue weighted by Crippen LogP contribution is 2.41. The molecule has 0 radical (unpaired) electrons. The van der Waals surface area contributed by atoms with Crippen molar-refractivity contribution in [2.24, 2.45) is 4.99 Å². The average molecular weight is 634 g/mol. The Balaban J connectivity index is 1.78. The first-order valence-corrected chi connectivity index (χ1v) is 14.5. The van der Waals surface area contributed by atoms with Gasteiger partial charge in [-0.15, -0.1) is 0 Å². The third-order valence-electron chi connectivity index (χ3n) is 5.68. The molecule has 38 heavy (non-hydrogen) atoms. The second-order valence-electron chi connectivity index (χ2n) is 8.62. The van der Waals surface area contributed by atoms with Gasteiger partial charge in [-0.3, -0.25) is 9.69 Å². The molecule has 1 fully saturated rings. The number of anilines is 1. The van der Waals surface area contributed by atoms with Crippen LogP contribution in [0.5, 0.6) is 11.5 Å². The van der Waals surface area contributed by atoms with Crippen molar-refractivity contribution in [2.45, 2.75) is 34.1 Å². The number of rotatable bonds is 8. The van der Waals surface area contributed by atoms with Crippen LogP contribution < -0.4 is 14.4 Å². The number of hydrogen-bond acceptors (Lipinski definition) is 5. The van der Waals surface area contributed by atoms with E-state index in [9.17, 15) is 4.79 Å². The standard InChI is InChI=1S/C29H27BrCl2N2O3S/c1-5-11-37-27-22(30)12-19(13-25(27)36-6-2)14-26-28(35)34(21-10-8-18(4)24(32)16-21)29(38-26)33-20-9-7-17(3)23(31)15-20/h7-10,12-16H,5-6,11H2,1-4H3/b26-14+,33-29?. The summed E-state index contributed by atoms with van der Waals surface area (Å²) in [7, 11) is 0. The Morgan fingerprint density at radius 3 is 2.37 bits per heavy atom. The van der Waals surface area contributed by atoms with E-state index in [1.807, 2.05) is 70.2 Å². The van der Waals surface area contributed by atoms with Crippen LogP contribution in [0.25, 0.3) is 6.08 Å². The second-order valence-corrected chi connectivity index (χ2v) is 11.3. The van der Waals surface area contributed by atoms with Crippen LogP contribution in [-0.4, -0.2) is 24.3 Å². The number of hydrogen-bond donors (Lipinski definition) is 0. The van der Waals surface area contributed by atoms with Gasteiger partial charge in [0.05, 0.1) is 34.0 Å². The van der Waals surface area contributed by atoms with Gasteiger partial charge in [0, 0.05) is 10.0 Å². The van der Waals surface area contributed by atoms with E-state index in [1.165, 1.54) is 11.8 Å². The van der Waals surface area contributed by atoms with E-state index in [4.69, 9.17) is 37.7 Å². The van der Waals surface area contributed by atoms with Crippen molar-refractivity contribution in [3.8, 4) is 11.5 Å². The van der Waals surface area contributed by atoms with Crippen molar-refractivity contribution in [1.29, 1.82) is 0 Å². The maximum atomic E-state index is 13.8. The zero-order valence-electron chi connectivity index (χ0n) is 21.5. The molecule has 0 bridgehead atoms. The van der Waals surface area contributed by atoms with Crippen LogP contribution >= 0.6 is 50.9 Å². The van der Waals surface area contributed by atoms with Gasteiger partial charge < -0.3 is 9.47 Å². The largest absolute Gasteiger partial charge is 0.490 e. The van der Waals surface area contributed by atoms with Gasteiger partial charge in [0.15, 0.2) is 16.7 Å². The molecule has 0 spiro atoms. The van der Waals surface area contributed by atoms with Gasteiger partial charge in [0.1, 0.15) is 0 Å². The molecular weight excluding hydrogens is 607 g/mol. The minimum atomic E-state index is -0.202. The number of amidine groups is 1. The minimum Gasteiger partial charge on any atom is -0.490 e. The van der Waals surface area contributed by atoms with Crippen LogP contribution in [0.2, 0.25) is 10.0 Å². The molecule has 1 saturated heterocycles. The third kappa shape index (κ3) is 6.40. The van der Waals surface area contributed by atoms with Gasteiger partial charge in [0.2, 0.25) is 0 Å². The Bertz CT molecular complexity index is 1440. The molecule has 1 aliphatic rings. The number of nitrogens with zero attached hydrogens (tertiary/aromatic N) is 2. The quantitative estimate of drug-likeness (QED) is 0.232. The van der Waals surface area contributed by atoms with Gasteiger partial charge in [0.25, 0.3) is 5.91 Å². The maximum absolute atomic E-state index is 13.8. The number of ether oxygens (including phenoxy) is 2. The number of aliphatic imine (C=N–C) groups is 1. The molecule has 1 aliphatic heterocycles. The summed E-state index contributed by atoms with van der Waals surface area (Å²) in [6.07, 6.45) is 2.71. The molecule has 0 aliphatic carbocycles. The van der Waals surface area contributed by atoms with E-state index in [0.29, 0.717) is 56.2 Å². The number of benzene rings is 3. The second kappa shape index (κ2) is 12.6. The third-order valence-corrected chi connectivity index (χ3v) is 8.05. The van der Waals surface area contributed by atoms with Crippen molar-refractivity contribution < 1.29 is 14.3 Å². The summed E-state index contributed by atoms with van der Waals surface area (Å²) in [4.78, 5) is 20.6. The highest BCUT2D eigenvalue weighted by Gasteiger charge is 2.35. The zero-order valence-corrected chi connectivity index (χ0v) is 25.4. The number of aryl methyl sites for hydroxylation is 2. The highest BCUT2D eigenvalue weighted by atomic mass is 79.9. The van der Waals surface area contributed by atoms with E-state index in [0.717, 1.165) is 27.6 Å². The van der Waals surface area contributed by atoms with Crippen LogP contribution in [0.3, 0.4) is 0 Å². The van der Waals surface area contributed by atoms with E-state index in [1.54, 1.807) is 17.0 Å². The summed E-state index contributed by atoms with van der Waals surface area (Å²) in [5.41, 5.74) is 3.96. The summed E-state index contributed by atoms with van der Waals surface area (Å²) in [6.45, 7) is 8.88. The fourth-order valence-corrected chi connectivity index (χ4v) is 5.61. The Morgan fingerprint density at radius 2 is 1.71 bits per heavy atom. The normalized spacial score (nSPS) is 15.6. The molecule has 198 valence electrons. The van der Waals surface area contributed by atoms with Crippen molar-refractivity contribution in [1.82, 2.24) is 0 Å². The monoisotopic (exact) mass is 632 g/mol. The molecule has 1 heterocycles. The first-order chi connectivity index (χ1) is 18.2. The number of thioether (sulfide) groups is 1. The van der Waals surface area contributed by atoms with Crippen LogP contribution in [0, 0.1) is 13.8 Å². The summed E-state index contributed by atoms with van der Waals surface area (Å²) >= 11 is 17.7. The Morgan fingerprint density at radius 1 is 1.00 bits per heavy atom. The minimum absolute atomic E-state index is 0.202. The number of carbonyl (C=O) groups is 1. The molecule has 3 aromatic rings. The lowest BCUT2D eigenvalue weighted by Gasteiger charge is -2.17. The molecule has 0 saturated carbocycles. The summed E-state index contributed by atoms with van der Waals surface area (Å²) in [6, 6.07) is 14.9. The lowest BCUT2D eigenvalue weighted by Crippen LogP contribution is -2.28. The van der Waals surface area contributed by atoms with Crippen molar-refractivity contribution in [3.63, 3.8) is 0 Å². The first kappa shape index (κ1) is 28.6. The molecule has 4 rings (SSSR count). The molecular formula is C29H27BrCl2N2O3S. The predicted molar refractivity (Wildman–Crippen MR) is 164 cm³/mol. The fourth-order valence-electron chi connectivity index (χ4n) is 3.69. The Labute approximate surface area is 246 Å². The van der Waals surface area contributed by atoms with Gasteiger partial charge >= 0.3 is 0 Å². The molecule has 1 amide bonds. The topological polar surface area (TPSA) is 51.1 Å². The van der Waals surface area contributed by atoms with Gasteiger partial charge in [-0.25, -0.2) is 4.99 Å². The number of amides is 1. The summed E-state index contributed by atoms with van der Waals surface area (Å²) in [5, 5.41) is 1.69. The average Bonchev–Trinajstić information content (AvgIpc) is 3.17. The maximum Gasteiger partial charge on any atom is 0.271 e. The smallest absolute Gasteiger partial charge is 0.271 e. The molecule has 0 unspecified atom stereocenters. The van der Waals surface area contributed by atoms with E-state index in [-0.39, 0.29) is 5.91 Å². The summed E-state index contributed by atoms with van der Waals surface area (Å²) in [5.74, 6) is 1.06. The van der Waals surface area contributed by atoms with Crippen molar-refractivity contribution >= 4 is 79.4 Å². The van der Waals surface area contributed by atoms with Gasteiger partial charge in [-0.05, 0) is 114 Å². The molecule has 3 aromatic carbocycles.